The number of rotatable bonds is 8. The molecule has 0 aliphatic rings. The van der Waals surface area contributed by atoms with Crippen molar-refractivity contribution in [3.8, 4) is 0 Å². The maximum atomic E-state index is 11.5. The highest BCUT2D eigenvalue weighted by molar-refractivity contribution is 5.78. The van der Waals surface area contributed by atoms with Crippen LogP contribution in [0.5, 0.6) is 0 Å². The Morgan fingerprint density at radius 3 is 2.33 bits per heavy atom. The molecular weight excluding hydrogens is 194 g/mol. The maximum Gasteiger partial charge on any atom is 0.236 e. The maximum absolute atomic E-state index is 11.5. The zero-order valence-electron chi connectivity index (χ0n) is 9.58. The van der Waals surface area contributed by atoms with Gasteiger partial charge in [0.25, 0.3) is 0 Å². The van der Waals surface area contributed by atoms with E-state index in [0.717, 1.165) is 13.1 Å². The van der Waals surface area contributed by atoms with Crippen LogP contribution in [0.3, 0.4) is 0 Å². The lowest BCUT2D eigenvalue weighted by molar-refractivity contribution is -0.129. The van der Waals surface area contributed by atoms with Crippen LogP contribution >= 0.6 is 0 Å². The van der Waals surface area contributed by atoms with E-state index in [1.165, 1.54) is 0 Å². The van der Waals surface area contributed by atoms with Crippen molar-refractivity contribution in [2.45, 2.75) is 26.7 Å². The second-order valence-corrected chi connectivity index (χ2v) is 3.31. The van der Waals surface area contributed by atoms with Crippen LogP contribution in [0, 0.1) is 0 Å². The van der Waals surface area contributed by atoms with E-state index in [1.807, 2.05) is 13.8 Å². The van der Waals surface area contributed by atoms with Crippen molar-refractivity contribution in [1.29, 1.82) is 0 Å². The molecule has 0 spiro atoms. The molecule has 0 aromatic rings. The van der Waals surface area contributed by atoms with E-state index in [4.69, 9.17) is 5.73 Å². The SMILES string of the molecule is CCN(CC)C(=O)CNCCCC(N)=O. The molecule has 0 saturated heterocycles. The predicted octanol–water partition coefficient (Wildman–Crippen LogP) is -0.290. The van der Waals surface area contributed by atoms with E-state index in [-0.39, 0.29) is 11.8 Å². The number of hydrogen-bond acceptors (Lipinski definition) is 3. The van der Waals surface area contributed by atoms with Crippen LogP contribution in [-0.4, -0.2) is 42.9 Å². The largest absolute Gasteiger partial charge is 0.370 e. The Kier molecular flexibility index (Phi) is 7.62. The third-order valence-corrected chi connectivity index (χ3v) is 2.17. The summed E-state index contributed by atoms with van der Waals surface area (Å²) in [6, 6.07) is 0. The van der Waals surface area contributed by atoms with E-state index < -0.39 is 0 Å². The lowest BCUT2D eigenvalue weighted by Crippen LogP contribution is -2.38. The molecule has 3 N–H and O–H groups in total. The van der Waals surface area contributed by atoms with Gasteiger partial charge in [0.05, 0.1) is 6.54 Å². The minimum Gasteiger partial charge on any atom is -0.370 e. The Bertz CT molecular complexity index is 203. The molecule has 0 bridgehead atoms. The molecule has 0 atom stereocenters. The van der Waals surface area contributed by atoms with Gasteiger partial charge < -0.3 is 16.0 Å². The average Bonchev–Trinajstić information content (AvgIpc) is 2.18. The van der Waals surface area contributed by atoms with Gasteiger partial charge in [0.1, 0.15) is 0 Å². The number of likely N-dealkylation sites (N-methyl/N-ethyl adjacent to an activating group) is 1. The second kappa shape index (κ2) is 8.23. The van der Waals surface area contributed by atoms with E-state index in [1.54, 1.807) is 4.90 Å². The van der Waals surface area contributed by atoms with E-state index in [9.17, 15) is 9.59 Å². The number of amides is 2. The van der Waals surface area contributed by atoms with Gasteiger partial charge >= 0.3 is 0 Å². The van der Waals surface area contributed by atoms with Crippen LogP contribution in [-0.2, 0) is 9.59 Å². The van der Waals surface area contributed by atoms with Gasteiger partial charge in [-0.05, 0) is 26.8 Å². The van der Waals surface area contributed by atoms with Crippen molar-refractivity contribution < 1.29 is 9.59 Å². The van der Waals surface area contributed by atoms with Crippen LogP contribution in [0.4, 0.5) is 0 Å². The third kappa shape index (κ3) is 6.90. The van der Waals surface area contributed by atoms with Gasteiger partial charge in [-0.1, -0.05) is 0 Å². The first-order valence-corrected chi connectivity index (χ1v) is 5.38. The zero-order chi connectivity index (χ0) is 11.7. The van der Waals surface area contributed by atoms with Crippen molar-refractivity contribution in [3.63, 3.8) is 0 Å². The van der Waals surface area contributed by atoms with Crippen molar-refractivity contribution in [3.05, 3.63) is 0 Å². The monoisotopic (exact) mass is 215 g/mol. The summed E-state index contributed by atoms with van der Waals surface area (Å²) in [5.41, 5.74) is 4.98. The molecule has 5 nitrogen and oxygen atoms in total. The fourth-order valence-electron chi connectivity index (χ4n) is 1.27. The van der Waals surface area contributed by atoms with Gasteiger partial charge in [-0.3, -0.25) is 9.59 Å². The molecule has 0 radical (unpaired) electrons. The van der Waals surface area contributed by atoms with Gasteiger partial charge in [-0.2, -0.15) is 0 Å². The standard InChI is InChI=1S/C10H21N3O2/c1-3-13(4-2)10(15)8-12-7-5-6-9(11)14/h12H,3-8H2,1-2H3,(H2,11,14). The molecular formula is C10H21N3O2. The highest BCUT2D eigenvalue weighted by Gasteiger charge is 2.07. The van der Waals surface area contributed by atoms with Gasteiger partial charge in [-0.15, -0.1) is 0 Å². The number of carbonyl (C=O) groups excluding carboxylic acids is 2. The number of nitrogens with two attached hydrogens (primary N) is 1. The van der Waals surface area contributed by atoms with Crippen LogP contribution in [0.1, 0.15) is 26.7 Å². The Balaban J connectivity index is 3.50. The summed E-state index contributed by atoms with van der Waals surface area (Å²) in [7, 11) is 0. The number of hydrogen-bond donors (Lipinski definition) is 2. The summed E-state index contributed by atoms with van der Waals surface area (Å²) < 4.78 is 0. The zero-order valence-corrected chi connectivity index (χ0v) is 9.58. The molecule has 0 rings (SSSR count). The lowest BCUT2D eigenvalue weighted by atomic mass is 10.3. The molecule has 0 heterocycles. The fraction of sp³-hybridized carbons (Fsp3) is 0.800. The predicted molar refractivity (Wildman–Crippen MR) is 59.2 cm³/mol. The molecule has 0 fully saturated rings. The van der Waals surface area contributed by atoms with Crippen molar-refractivity contribution in [2.75, 3.05) is 26.2 Å². The summed E-state index contributed by atoms with van der Waals surface area (Å²) in [4.78, 5) is 23.7. The number of carbonyl (C=O) groups is 2. The molecule has 5 heteroatoms. The number of nitrogens with one attached hydrogen (secondary N) is 1. The molecule has 0 unspecified atom stereocenters. The van der Waals surface area contributed by atoms with Crippen LogP contribution in [0.25, 0.3) is 0 Å². The van der Waals surface area contributed by atoms with Crippen molar-refractivity contribution in [2.24, 2.45) is 5.73 Å². The normalized spacial score (nSPS) is 10.0. The summed E-state index contributed by atoms with van der Waals surface area (Å²) in [6.45, 7) is 6.36. The fourth-order valence-corrected chi connectivity index (χ4v) is 1.27. The van der Waals surface area contributed by atoms with Crippen molar-refractivity contribution >= 4 is 11.8 Å². The van der Waals surface area contributed by atoms with Crippen LogP contribution in [0.15, 0.2) is 0 Å². The van der Waals surface area contributed by atoms with Gasteiger partial charge in [-0.25, -0.2) is 0 Å². The average molecular weight is 215 g/mol. The minimum atomic E-state index is -0.299. The smallest absolute Gasteiger partial charge is 0.236 e. The van der Waals surface area contributed by atoms with E-state index in [2.05, 4.69) is 5.32 Å². The Morgan fingerprint density at radius 2 is 1.87 bits per heavy atom. The second-order valence-electron chi connectivity index (χ2n) is 3.31. The summed E-state index contributed by atoms with van der Waals surface area (Å²) in [5, 5.41) is 2.99. The molecule has 0 aliphatic carbocycles. The topological polar surface area (TPSA) is 75.4 Å². The first-order valence-electron chi connectivity index (χ1n) is 5.38. The molecule has 0 saturated carbocycles. The lowest BCUT2D eigenvalue weighted by Gasteiger charge is -2.18. The van der Waals surface area contributed by atoms with Crippen LogP contribution in [0.2, 0.25) is 0 Å². The summed E-state index contributed by atoms with van der Waals surface area (Å²) in [5.74, 6) is -0.203. The number of primary amides is 1. The minimum absolute atomic E-state index is 0.0964. The Labute approximate surface area is 91.0 Å². The summed E-state index contributed by atoms with van der Waals surface area (Å²) >= 11 is 0. The number of nitrogens with zero attached hydrogens (tertiary/aromatic N) is 1. The highest BCUT2D eigenvalue weighted by Crippen LogP contribution is 1.88. The molecule has 15 heavy (non-hydrogen) atoms. The quantitative estimate of drug-likeness (QED) is 0.546. The van der Waals surface area contributed by atoms with Crippen LogP contribution < -0.4 is 11.1 Å². The first-order chi connectivity index (χ1) is 7.11. The molecule has 0 aliphatic heterocycles. The Morgan fingerprint density at radius 1 is 1.27 bits per heavy atom. The van der Waals surface area contributed by atoms with Crippen molar-refractivity contribution in [1.82, 2.24) is 10.2 Å². The molecule has 0 aromatic heterocycles. The highest BCUT2D eigenvalue weighted by atomic mass is 16.2. The Hall–Kier alpha value is -1.10. The first kappa shape index (κ1) is 13.9. The van der Waals surface area contributed by atoms with E-state index in [0.29, 0.717) is 25.9 Å². The van der Waals surface area contributed by atoms with Gasteiger partial charge in [0.2, 0.25) is 11.8 Å². The molecule has 0 aromatic carbocycles. The van der Waals surface area contributed by atoms with E-state index >= 15 is 0 Å². The van der Waals surface area contributed by atoms with Gasteiger partial charge in [0.15, 0.2) is 0 Å². The molecule has 2 amide bonds. The summed E-state index contributed by atoms with van der Waals surface area (Å²) in [6.07, 6.45) is 1.05. The third-order valence-electron chi connectivity index (χ3n) is 2.17. The van der Waals surface area contributed by atoms with Gasteiger partial charge in [0, 0.05) is 19.5 Å². The molecule has 88 valence electrons.